The van der Waals surface area contributed by atoms with Crippen molar-refractivity contribution in [3.05, 3.63) is 64.7 Å². The second-order valence-corrected chi connectivity index (χ2v) is 6.18. The van der Waals surface area contributed by atoms with Gasteiger partial charge in [-0.15, -0.1) is 0 Å². The average Bonchev–Trinajstić information content (AvgIpc) is 2.55. The maximum atomic E-state index is 13.8. The topological polar surface area (TPSA) is 36.8 Å². The summed E-state index contributed by atoms with van der Waals surface area (Å²) in [5.41, 5.74) is 6.60. The molecular weight excluding hydrogens is 316 g/mol. The van der Waals surface area contributed by atoms with Crippen LogP contribution < -0.4 is 5.43 Å². The molecule has 2 aromatic carbocycles. The summed E-state index contributed by atoms with van der Waals surface area (Å²) >= 11 is 1.41. The van der Waals surface area contributed by atoms with Crippen molar-refractivity contribution in [1.29, 1.82) is 0 Å². The summed E-state index contributed by atoms with van der Waals surface area (Å²) in [6.45, 7) is 4.04. The average molecular weight is 331 g/mol. The number of aryl methyl sites for hydroxylation is 1. The number of thioether (sulfide) groups is 1. The van der Waals surface area contributed by atoms with Crippen LogP contribution >= 0.6 is 11.8 Å². The maximum Gasteiger partial charge on any atom is 0.182 e. The Morgan fingerprint density at radius 1 is 1.17 bits per heavy atom. The molecule has 118 valence electrons. The lowest BCUT2D eigenvalue weighted by Crippen LogP contribution is -2.25. The van der Waals surface area contributed by atoms with E-state index in [0.717, 1.165) is 29.4 Å². The lowest BCUT2D eigenvalue weighted by Gasteiger charge is -2.16. The van der Waals surface area contributed by atoms with E-state index in [1.165, 1.54) is 17.3 Å². The van der Waals surface area contributed by atoms with E-state index < -0.39 is 11.6 Å². The first-order valence-electron chi connectivity index (χ1n) is 7.10. The number of hydrogen-bond donors (Lipinski definition) is 1. The number of hydrazone groups is 1. The largest absolute Gasteiger partial charge is 0.255 e. The van der Waals surface area contributed by atoms with Crippen molar-refractivity contribution in [2.45, 2.75) is 13.8 Å². The van der Waals surface area contributed by atoms with Gasteiger partial charge in [-0.05, 0) is 49.2 Å². The molecular formula is C17H15F2N3S. The van der Waals surface area contributed by atoms with Gasteiger partial charge in [-0.2, -0.15) is 5.10 Å². The third kappa shape index (κ3) is 3.42. The molecule has 0 bridgehead atoms. The molecule has 0 saturated carbocycles. The zero-order valence-electron chi connectivity index (χ0n) is 12.7. The van der Waals surface area contributed by atoms with Crippen LogP contribution in [-0.4, -0.2) is 16.6 Å². The number of rotatable bonds is 2. The molecule has 0 saturated heterocycles. The van der Waals surface area contributed by atoms with E-state index in [-0.39, 0.29) is 5.56 Å². The van der Waals surface area contributed by atoms with Crippen LogP contribution in [0.3, 0.4) is 0 Å². The minimum absolute atomic E-state index is 0.177. The van der Waals surface area contributed by atoms with Gasteiger partial charge in [0.25, 0.3) is 0 Å². The van der Waals surface area contributed by atoms with Crippen molar-refractivity contribution in [1.82, 2.24) is 5.43 Å². The van der Waals surface area contributed by atoms with E-state index >= 15 is 0 Å². The Morgan fingerprint density at radius 3 is 2.74 bits per heavy atom. The predicted molar refractivity (Wildman–Crippen MR) is 91.5 cm³/mol. The zero-order chi connectivity index (χ0) is 16.4. The molecule has 0 radical (unpaired) electrons. The fourth-order valence-electron chi connectivity index (χ4n) is 2.20. The van der Waals surface area contributed by atoms with E-state index in [9.17, 15) is 8.78 Å². The Labute approximate surface area is 137 Å². The van der Waals surface area contributed by atoms with Gasteiger partial charge in [0, 0.05) is 11.3 Å². The first-order valence-corrected chi connectivity index (χ1v) is 8.09. The summed E-state index contributed by atoms with van der Waals surface area (Å²) in [6, 6.07) is 9.27. The standard InChI is InChI=1S/C17H15F2N3S/c1-10-4-3-5-15(11(10)2)20-17-22-21-16(9-23-17)13-8-12(18)6-7-14(13)19/h3-8H,9H2,1-2H3,(H,20,22). The number of nitrogens with one attached hydrogen (secondary N) is 1. The van der Waals surface area contributed by atoms with Gasteiger partial charge < -0.3 is 0 Å². The summed E-state index contributed by atoms with van der Waals surface area (Å²) in [6.07, 6.45) is 0. The summed E-state index contributed by atoms with van der Waals surface area (Å²) < 4.78 is 27.1. The lowest BCUT2D eigenvalue weighted by atomic mass is 10.1. The number of benzene rings is 2. The highest BCUT2D eigenvalue weighted by Gasteiger charge is 2.17. The van der Waals surface area contributed by atoms with Crippen molar-refractivity contribution in [2.24, 2.45) is 10.1 Å². The summed E-state index contributed by atoms with van der Waals surface area (Å²) in [4.78, 5) is 4.54. The second kappa shape index (κ2) is 6.50. The molecule has 23 heavy (non-hydrogen) atoms. The van der Waals surface area contributed by atoms with Gasteiger partial charge in [0.15, 0.2) is 5.17 Å². The highest BCUT2D eigenvalue weighted by atomic mass is 32.2. The van der Waals surface area contributed by atoms with Crippen LogP contribution in [0, 0.1) is 25.5 Å². The minimum atomic E-state index is -0.484. The molecule has 3 rings (SSSR count). The third-order valence-electron chi connectivity index (χ3n) is 3.67. The van der Waals surface area contributed by atoms with Crippen molar-refractivity contribution < 1.29 is 8.78 Å². The fraction of sp³-hybridized carbons (Fsp3) is 0.176. The van der Waals surface area contributed by atoms with Crippen LogP contribution in [0.4, 0.5) is 14.5 Å². The molecule has 1 N–H and O–H groups in total. The molecule has 0 unspecified atom stereocenters. The van der Waals surface area contributed by atoms with Gasteiger partial charge in [0.05, 0.1) is 11.4 Å². The van der Waals surface area contributed by atoms with Gasteiger partial charge in [0.1, 0.15) is 11.6 Å². The number of hydrogen-bond acceptors (Lipinski definition) is 3. The Kier molecular flexibility index (Phi) is 4.43. The molecule has 2 aromatic rings. The molecule has 0 spiro atoms. The molecule has 0 aliphatic carbocycles. The number of nitrogens with zero attached hydrogens (tertiary/aromatic N) is 2. The SMILES string of the molecule is Cc1cccc(N=C2NN=C(c3cc(F)ccc3F)CS2)c1C. The zero-order valence-corrected chi connectivity index (χ0v) is 13.5. The first-order chi connectivity index (χ1) is 11.0. The van der Waals surface area contributed by atoms with E-state index in [0.29, 0.717) is 16.6 Å². The molecule has 0 amide bonds. The van der Waals surface area contributed by atoms with Gasteiger partial charge in [-0.25, -0.2) is 13.8 Å². The Morgan fingerprint density at radius 2 is 2.00 bits per heavy atom. The molecule has 1 aliphatic heterocycles. The molecule has 0 atom stereocenters. The van der Waals surface area contributed by atoms with Gasteiger partial charge in [-0.3, -0.25) is 5.43 Å². The van der Waals surface area contributed by atoms with Crippen molar-refractivity contribution in [3.8, 4) is 0 Å². The second-order valence-electron chi connectivity index (χ2n) is 5.22. The molecule has 6 heteroatoms. The molecule has 1 heterocycles. The predicted octanol–water partition coefficient (Wildman–Crippen LogP) is 4.31. The molecule has 0 aromatic heterocycles. The van der Waals surface area contributed by atoms with E-state index in [1.54, 1.807) is 0 Å². The van der Waals surface area contributed by atoms with E-state index in [4.69, 9.17) is 0 Å². The van der Waals surface area contributed by atoms with Crippen LogP contribution in [0.15, 0.2) is 46.5 Å². The Bertz CT molecular complexity index is 815. The highest BCUT2D eigenvalue weighted by molar-refractivity contribution is 8.14. The molecule has 1 aliphatic rings. The smallest absolute Gasteiger partial charge is 0.182 e. The number of amidine groups is 1. The maximum absolute atomic E-state index is 13.8. The summed E-state index contributed by atoms with van der Waals surface area (Å²) in [7, 11) is 0. The first kappa shape index (κ1) is 15.7. The van der Waals surface area contributed by atoms with Crippen molar-refractivity contribution in [2.75, 3.05) is 5.75 Å². The van der Waals surface area contributed by atoms with Crippen LogP contribution in [0.2, 0.25) is 0 Å². The quantitative estimate of drug-likeness (QED) is 0.890. The third-order valence-corrected chi connectivity index (χ3v) is 4.54. The van der Waals surface area contributed by atoms with Crippen LogP contribution in [0.25, 0.3) is 0 Å². The number of halogens is 2. The van der Waals surface area contributed by atoms with E-state index in [2.05, 4.69) is 15.5 Å². The normalized spacial score (nSPS) is 16.2. The lowest BCUT2D eigenvalue weighted by molar-refractivity contribution is 0.598. The van der Waals surface area contributed by atoms with Crippen molar-refractivity contribution in [3.63, 3.8) is 0 Å². The Balaban J connectivity index is 1.84. The van der Waals surface area contributed by atoms with Crippen LogP contribution in [0.5, 0.6) is 0 Å². The van der Waals surface area contributed by atoms with Gasteiger partial charge in [0.2, 0.25) is 0 Å². The van der Waals surface area contributed by atoms with Crippen LogP contribution in [-0.2, 0) is 0 Å². The summed E-state index contributed by atoms with van der Waals surface area (Å²) in [5, 5.41) is 4.78. The summed E-state index contributed by atoms with van der Waals surface area (Å²) in [5.74, 6) is -0.539. The highest BCUT2D eigenvalue weighted by Crippen LogP contribution is 2.24. The Hall–Kier alpha value is -2.21. The fourth-order valence-corrected chi connectivity index (χ4v) is 2.96. The molecule has 0 fully saturated rings. The minimum Gasteiger partial charge on any atom is -0.255 e. The molecule has 3 nitrogen and oxygen atoms in total. The van der Waals surface area contributed by atoms with Crippen molar-refractivity contribution >= 4 is 28.3 Å². The van der Waals surface area contributed by atoms with E-state index in [1.807, 2.05) is 32.0 Å². The monoisotopic (exact) mass is 331 g/mol. The van der Waals surface area contributed by atoms with Gasteiger partial charge in [-0.1, -0.05) is 23.9 Å². The van der Waals surface area contributed by atoms with Gasteiger partial charge >= 0.3 is 0 Å². The number of aliphatic imine (C=N–C) groups is 1. The van der Waals surface area contributed by atoms with Crippen LogP contribution in [0.1, 0.15) is 16.7 Å².